The second-order valence-corrected chi connectivity index (χ2v) is 8.67. The number of aromatic nitrogens is 2. The molecule has 4 aromatic rings. The highest BCUT2D eigenvalue weighted by Gasteiger charge is 2.28. The number of H-pyrrole nitrogens is 1. The van der Waals surface area contributed by atoms with E-state index in [4.69, 9.17) is 0 Å². The molecule has 0 unspecified atom stereocenters. The summed E-state index contributed by atoms with van der Waals surface area (Å²) in [6.07, 6.45) is 0.630. The number of nitrogens with zero attached hydrogens (tertiary/aromatic N) is 3. The van der Waals surface area contributed by atoms with Crippen LogP contribution in [0.5, 0.6) is 0 Å². The number of nitrogens with one attached hydrogen (secondary N) is 1. The van der Waals surface area contributed by atoms with Gasteiger partial charge in [0, 0.05) is 39.0 Å². The van der Waals surface area contributed by atoms with E-state index in [1.165, 1.54) is 11.1 Å². The monoisotopic (exact) mass is 452 g/mol. The lowest BCUT2D eigenvalue weighted by atomic mass is 9.96. The lowest BCUT2D eigenvalue weighted by Gasteiger charge is -2.39. The maximum atomic E-state index is 12.9. The molecule has 0 saturated carbocycles. The van der Waals surface area contributed by atoms with E-state index >= 15 is 0 Å². The minimum absolute atomic E-state index is 0.0741. The first-order valence-electron chi connectivity index (χ1n) is 11.8. The van der Waals surface area contributed by atoms with Gasteiger partial charge in [-0.1, -0.05) is 72.8 Å². The topological polar surface area (TPSA) is 69.3 Å². The summed E-state index contributed by atoms with van der Waals surface area (Å²) in [5.74, 6) is 0.0741. The van der Waals surface area contributed by atoms with Crippen LogP contribution in [0.4, 0.5) is 0 Å². The number of piperazine rings is 1. The molecule has 5 rings (SSSR count). The molecule has 6 heteroatoms. The first-order valence-corrected chi connectivity index (χ1v) is 11.8. The predicted molar refractivity (Wildman–Crippen MR) is 134 cm³/mol. The van der Waals surface area contributed by atoms with Gasteiger partial charge in [0.15, 0.2) is 0 Å². The molecule has 1 N–H and O–H groups in total. The summed E-state index contributed by atoms with van der Waals surface area (Å²) in [4.78, 5) is 37.0. The van der Waals surface area contributed by atoms with E-state index in [9.17, 15) is 9.59 Å². The first-order chi connectivity index (χ1) is 16.7. The van der Waals surface area contributed by atoms with Gasteiger partial charge in [-0.3, -0.25) is 14.5 Å². The molecule has 3 aromatic carbocycles. The Morgan fingerprint density at radius 2 is 1.41 bits per heavy atom. The molecule has 0 spiro atoms. The molecule has 0 radical (unpaired) electrons. The number of hydrogen-bond acceptors (Lipinski definition) is 4. The average Bonchev–Trinajstić information content (AvgIpc) is 2.89. The number of carbonyl (C=O) groups excluding carboxylic acids is 1. The molecule has 1 aliphatic heterocycles. The number of hydrogen-bond donors (Lipinski definition) is 1. The van der Waals surface area contributed by atoms with Crippen molar-refractivity contribution in [2.45, 2.75) is 18.9 Å². The summed E-state index contributed by atoms with van der Waals surface area (Å²) < 4.78 is 0. The molecule has 172 valence electrons. The smallest absolute Gasteiger partial charge is 0.270 e. The quantitative estimate of drug-likeness (QED) is 0.483. The SMILES string of the molecule is O=C(CCc1nc2ccccc2[nH]c1=O)N1CCN(C(c2ccccc2)c2ccccc2)CC1. The van der Waals surface area contributed by atoms with Gasteiger partial charge in [-0.2, -0.15) is 0 Å². The van der Waals surface area contributed by atoms with Crippen molar-refractivity contribution in [3.8, 4) is 0 Å². The molecule has 1 aliphatic rings. The number of para-hydroxylation sites is 2. The number of aryl methyl sites for hydroxylation is 1. The molecule has 0 bridgehead atoms. The summed E-state index contributed by atoms with van der Waals surface area (Å²) in [6.45, 7) is 2.96. The number of carbonyl (C=O) groups is 1. The van der Waals surface area contributed by atoms with Gasteiger partial charge in [-0.25, -0.2) is 4.98 Å². The van der Waals surface area contributed by atoms with Crippen LogP contribution in [-0.4, -0.2) is 51.9 Å². The third-order valence-corrected chi connectivity index (χ3v) is 6.51. The van der Waals surface area contributed by atoms with Gasteiger partial charge in [0.2, 0.25) is 5.91 Å². The van der Waals surface area contributed by atoms with Crippen molar-refractivity contribution < 1.29 is 4.79 Å². The molecular weight excluding hydrogens is 424 g/mol. The summed E-state index contributed by atoms with van der Waals surface area (Å²) in [7, 11) is 0. The van der Waals surface area contributed by atoms with Gasteiger partial charge in [0.25, 0.3) is 5.56 Å². The van der Waals surface area contributed by atoms with Crippen LogP contribution in [0.25, 0.3) is 11.0 Å². The van der Waals surface area contributed by atoms with Crippen LogP contribution < -0.4 is 5.56 Å². The van der Waals surface area contributed by atoms with E-state index < -0.39 is 0 Å². The van der Waals surface area contributed by atoms with Crippen molar-refractivity contribution in [1.82, 2.24) is 19.8 Å². The van der Waals surface area contributed by atoms with Crippen molar-refractivity contribution in [2.75, 3.05) is 26.2 Å². The van der Waals surface area contributed by atoms with Crippen LogP contribution in [0.15, 0.2) is 89.7 Å². The van der Waals surface area contributed by atoms with Crippen molar-refractivity contribution in [2.24, 2.45) is 0 Å². The normalized spacial score (nSPS) is 14.6. The third kappa shape index (κ3) is 4.77. The van der Waals surface area contributed by atoms with Crippen molar-refractivity contribution in [1.29, 1.82) is 0 Å². The number of rotatable bonds is 6. The Hall–Kier alpha value is -3.77. The van der Waals surface area contributed by atoms with Crippen molar-refractivity contribution in [3.05, 3.63) is 112 Å². The minimum Gasteiger partial charge on any atom is -0.340 e. The number of benzene rings is 3. The highest BCUT2D eigenvalue weighted by atomic mass is 16.2. The summed E-state index contributed by atoms with van der Waals surface area (Å²) in [5, 5.41) is 0. The Balaban J connectivity index is 1.23. The van der Waals surface area contributed by atoms with E-state index in [-0.39, 0.29) is 23.9 Å². The lowest BCUT2D eigenvalue weighted by Crippen LogP contribution is -2.50. The Morgan fingerprint density at radius 3 is 2.06 bits per heavy atom. The van der Waals surface area contributed by atoms with Gasteiger partial charge in [0.05, 0.1) is 17.1 Å². The van der Waals surface area contributed by atoms with Crippen LogP contribution in [0, 0.1) is 0 Å². The van der Waals surface area contributed by atoms with E-state index in [0.717, 1.165) is 18.6 Å². The molecule has 1 saturated heterocycles. The van der Waals surface area contributed by atoms with Crippen LogP contribution in [-0.2, 0) is 11.2 Å². The Labute approximate surface area is 198 Å². The second-order valence-electron chi connectivity index (χ2n) is 8.67. The summed E-state index contributed by atoms with van der Waals surface area (Å²) in [6, 6.07) is 28.7. The number of aromatic amines is 1. The van der Waals surface area contributed by atoms with Crippen LogP contribution >= 0.6 is 0 Å². The third-order valence-electron chi connectivity index (χ3n) is 6.51. The predicted octanol–water partition coefficient (Wildman–Crippen LogP) is 3.79. The Bertz CT molecular complexity index is 1270. The zero-order valence-corrected chi connectivity index (χ0v) is 19.1. The highest BCUT2D eigenvalue weighted by Crippen LogP contribution is 2.29. The summed E-state index contributed by atoms with van der Waals surface area (Å²) in [5.41, 5.74) is 4.17. The highest BCUT2D eigenvalue weighted by molar-refractivity contribution is 5.77. The van der Waals surface area contributed by atoms with Gasteiger partial charge in [0.1, 0.15) is 5.69 Å². The van der Waals surface area contributed by atoms with Crippen molar-refractivity contribution in [3.63, 3.8) is 0 Å². The molecule has 34 heavy (non-hydrogen) atoms. The Morgan fingerprint density at radius 1 is 0.824 bits per heavy atom. The van der Waals surface area contributed by atoms with Crippen LogP contribution in [0.2, 0.25) is 0 Å². The Kier molecular flexibility index (Phi) is 6.49. The fourth-order valence-electron chi connectivity index (χ4n) is 4.73. The van der Waals surface area contributed by atoms with Gasteiger partial charge in [-0.15, -0.1) is 0 Å². The van der Waals surface area contributed by atoms with E-state index in [1.807, 2.05) is 41.3 Å². The van der Waals surface area contributed by atoms with E-state index in [2.05, 4.69) is 63.4 Å². The standard InChI is InChI=1S/C28H28N4O2/c33-26(16-15-25-28(34)30-24-14-8-7-13-23(24)29-25)31-17-19-32(20-18-31)27(21-9-3-1-4-10-21)22-11-5-2-6-12-22/h1-14,27H,15-20H2,(H,30,34). The van der Waals surface area contributed by atoms with Gasteiger partial charge in [-0.05, 0) is 23.3 Å². The largest absolute Gasteiger partial charge is 0.340 e. The molecule has 2 heterocycles. The minimum atomic E-state index is -0.218. The van der Waals surface area contributed by atoms with Gasteiger partial charge >= 0.3 is 0 Å². The van der Waals surface area contributed by atoms with E-state index in [0.29, 0.717) is 30.7 Å². The second kappa shape index (κ2) is 10.0. The molecular formula is C28H28N4O2. The first kappa shape index (κ1) is 22.0. The fourth-order valence-corrected chi connectivity index (χ4v) is 4.73. The number of amides is 1. The fraction of sp³-hybridized carbons (Fsp3) is 0.250. The van der Waals surface area contributed by atoms with E-state index in [1.54, 1.807) is 0 Å². The van der Waals surface area contributed by atoms with Crippen LogP contribution in [0.3, 0.4) is 0 Å². The zero-order chi connectivity index (χ0) is 23.3. The average molecular weight is 453 g/mol. The van der Waals surface area contributed by atoms with Gasteiger partial charge < -0.3 is 9.88 Å². The maximum absolute atomic E-state index is 12.9. The maximum Gasteiger partial charge on any atom is 0.270 e. The molecule has 1 aromatic heterocycles. The van der Waals surface area contributed by atoms with Crippen LogP contribution in [0.1, 0.15) is 29.3 Å². The summed E-state index contributed by atoms with van der Waals surface area (Å²) >= 11 is 0. The lowest BCUT2D eigenvalue weighted by molar-refractivity contribution is -0.133. The molecule has 0 atom stereocenters. The molecule has 0 aliphatic carbocycles. The molecule has 1 amide bonds. The molecule has 1 fully saturated rings. The van der Waals surface area contributed by atoms with Crippen molar-refractivity contribution >= 4 is 16.9 Å². The zero-order valence-electron chi connectivity index (χ0n) is 19.1. The number of fused-ring (bicyclic) bond motifs is 1. The molecule has 6 nitrogen and oxygen atoms in total.